The first-order chi connectivity index (χ1) is 12.4. The smallest absolute Gasteiger partial charge is 0.306 e. The molecule has 2 N–H and O–H groups in total. The lowest BCUT2D eigenvalue weighted by Gasteiger charge is -2.08. The summed E-state index contributed by atoms with van der Waals surface area (Å²) in [6.07, 6.45) is 0.292. The van der Waals surface area contributed by atoms with Crippen LogP contribution >= 0.6 is 0 Å². The van der Waals surface area contributed by atoms with E-state index in [0.29, 0.717) is 23.8 Å². The number of ether oxygens (including phenoxy) is 2. The number of aromatic hydroxyl groups is 1. The minimum absolute atomic E-state index is 0.00631. The number of halogens is 2. The molecule has 2 aromatic rings. The fourth-order valence-electron chi connectivity index (χ4n) is 2.18. The van der Waals surface area contributed by atoms with Crippen molar-refractivity contribution in [1.29, 1.82) is 0 Å². The molecule has 0 aliphatic heterocycles. The van der Waals surface area contributed by atoms with Crippen LogP contribution in [0.1, 0.15) is 12.0 Å². The van der Waals surface area contributed by atoms with Gasteiger partial charge in [0.25, 0.3) is 5.91 Å². The lowest BCUT2D eigenvalue weighted by Crippen LogP contribution is -2.21. The number of hydrogen-bond acceptors (Lipinski definition) is 5. The minimum atomic E-state index is -0.833. The number of carbonyl (C=O) groups is 2. The van der Waals surface area contributed by atoms with Crippen LogP contribution in [0.3, 0.4) is 0 Å². The largest absolute Gasteiger partial charge is 0.504 e. The van der Waals surface area contributed by atoms with Crippen molar-refractivity contribution in [3.8, 4) is 11.5 Å². The van der Waals surface area contributed by atoms with Crippen molar-refractivity contribution in [1.82, 2.24) is 0 Å². The maximum Gasteiger partial charge on any atom is 0.306 e. The molecular weight excluding hydrogens is 348 g/mol. The SMILES string of the molecule is COc1ccc(CCC(=O)OCC(=O)Nc2cc(F)cc(F)c2)cc1O. The van der Waals surface area contributed by atoms with Crippen LogP contribution in [0.5, 0.6) is 11.5 Å². The summed E-state index contributed by atoms with van der Waals surface area (Å²) in [5.74, 6) is -2.73. The molecule has 0 unspecified atom stereocenters. The molecule has 1 amide bonds. The first-order valence-electron chi connectivity index (χ1n) is 7.65. The van der Waals surface area contributed by atoms with Crippen molar-refractivity contribution >= 4 is 17.6 Å². The Labute approximate surface area is 148 Å². The molecule has 2 aromatic carbocycles. The quantitative estimate of drug-likeness (QED) is 0.737. The van der Waals surface area contributed by atoms with E-state index in [0.717, 1.165) is 12.1 Å². The Kier molecular flexibility index (Phi) is 6.48. The first kappa shape index (κ1) is 19.2. The Morgan fingerprint density at radius 3 is 2.42 bits per heavy atom. The van der Waals surface area contributed by atoms with Gasteiger partial charge >= 0.3 is 5.97 Å². The highest BCUT2D eigenvalue weighted by molar-refractivity contribution is 5.92. The number of phenols is 1. The molecule has 2 rings (SSSR count). The fourth-order valence-corrected chi connectivity index (χ4v) is 2.18. The van der Waals surface area contributed by atoms with Gasteiger partial charge in [-0.15, -0.1) is 0 Å². The highest BCUT2D eigenvalue weighted by atomic mass is 19.1. The number of benzene rings is 2. The van der Waals surface area contributed by atoms with Crippen molar-refractivity contribution in [3.63, 3.8) is 0 Å². The Morgan fingerprint density at radius 1 is 1.12 bits per heavy atom. The van der Waals surface area contributed by atoms with Gasteiger partial charge in [0.05, 0.1) is 7.11 Å². The third kappa shape index (κ3) is 5.73. The van der Waals surface area contributed by atoms with Crippen LogP contribution in [0.2, 0.25) is 0 Å². The van der Waals surface area contributed by atoms with Crippen LogP contribution in [-0.2, 0) is 20.7 Å². The lowest BCUT2D eigenvalue weighted by atomic mass is 10.1. The highest BCUT2D eigenvalue weighted by Crippen LogP contribution is 2.26. The van der Waals surface area contributed by atoms with Crippen molar-refractivity contribution in [2.75, 3.05) is 19.0 Å². The first-order valence-corrected chi connectivity index (χ1v) is 7.65. The molecule has 0 aromatic heterocycles. The van der Waals surface area contributed by atoms with Crippen LogP contribution in [0.4, 0.5) is 14.5 Å². The summed E-state index contributed by atoms with van der Waals surface area (Å²) in [7, 11) is 1.43. The van der Waals surface area contributed by atoms with Gasteiger partial charge < -0.3 is 19.9 Å². The molecule has 138 valence electrons. The lowest BCUT2D eigenvalue weighted by molar-refractivity contribution is -0.147. The van der Waals surface area contributed by atoms with E-state index >= 15 is 0 Å². The molecule has 0 saturated carbocycles. The van der Waals surface area contributed by atoms with E-state index in [4.69, 9.17) is 9.47 Å². The zero-order chi connectivity index (χ0) is 19.1. The summed E-state index contributed by atoms with van der Waals surface area (Å²) in [6, 6.07) is 7.29. The number of methoxy groups -OCH3 is 1. The molecule has 0 bridgehead atoms. The molecule has 0 heterocycles. The predicted molar refractivity (Wildman–Crippen MR) is 88.9 cm³/mol. The Bertz CT molecular complexity index is 790. The Balaban J connectivity index is 1.77. The van der Waals surface area contributed by atoms with E-state index in [1.54, 1.807) is 12.1 Å². The van der Waals surface area contributed by atoms with Gasteiger partial charge in [-0.05, 0) is 36.2 Å². The van der Waals surface area contributed by atoms with Gasteiger partial charge in [-0.25, -0.2) is 8.78 Å². The monoisotopic (exact) mass is 365 g/mol. The van der Waals surface area contributed by atoms with E-state index in [1.807, 2.05) is 0 Å². The van der Waals surface area contributed by atoms with Crippen LogP contribution in [0, 0.1) is 11.6 Å². The molecule has 0 spiro atoms. The summed E-state index contributed by atoms with van der Waals surface area (Å²) in [4.78, 5) is 23.3. The average Bonchev–Trinajstić information content (AvgIpc) is 2.57. The molecule has 0 atom stereocenters. The van der Waals surface area contributed by atoms with E-state index < -0.39 is 30.1 Å². The molecule has 0 saturated heterocycles. The summed E-state index contributed by atoms with van der Waals surface area (Å²) in [6.45, 7) is -0.579. The molecule has 0 fully saturated rings. The second-order valence-corrected chi connectivity index (χ2v) is 5.37. The van der Waals surface area contributed by atoms with Gasteiger partial charge in [0.2, 0.25) is 0 Å². The van der Waals surface area contributed by atoms with Gasteiger partial charge in [0.15, 0.2) is 18.1 Å². The second-order valence-electron chi connectivity index (χ2n) is 5.37. The predicted octanol–water partition coefficient (Wildman–Crippen LogP) is 2.79. The molecule has 6 nitrogen and oxygen atoms in total. The number of aryl methyl sites for hydroxylation is 1. The van der Waals surface area contributed by atoms with Crippen molar-refractivity contribution in [3.05, 3.63) is 53.6 Å². The van der Waals surface area contributed by atoms with E-state index in [1.165, 1.54) is 13.2 Å². The molecule has 0 radical (unpaired) electrons. The minimum Gasteiger partial charge on any atom is -0.504 e. The molecular formula is C18H17F2NO5. The molecule has 8 heteroatoms. The molecule has 0 aliphatic rings. The number of rotatable bonds is 7. The van der Waals surface area contributed by atoms with Gasteiger partial charge in [0, 0.05) is 18.2 Å². The number of carbonyl (C=O) groups excluding carboxylic acids is 2. The Hall–Kier alpha value is -3.16. The summed E-state index contributed by atoms with van der Waals surface area (Å²) in [5, 5.41) is 11.9. The zero-order valence-electron chi connectivity index (χ0n) is 13.9. The third-order valence-corrected chi connectivity index (χ3v) is 3.37. The van der Waals surface area contributed by atoms with Crippen LogP contribution in [0.15, 0.2) is 36.4 Å². The maximum atomic E-state index is 13.0. The standard InChI is InChI=1S/C18H17F2NO5/c1-25-16-4-2-11(6-15(16)22)3-5-18(24)26-10-17(23)21-14-8-12(19)7-13(20)9-14/h2,4,6-9,22H,3,5,10H2,1H3,(H,21,23). The summed E-state index contributed by atoms with van der Waals surface area (Å²) >= 11 is 0. The zero-order valence-corrected chi connectivity index (χ0v) is 13.9. The summed E-state index contributed by atoms with van der Waals surface area (Å²) in [5.41, 5.74) is 0.622. The van der Waals surface area contributed by atoms with Crippen molar-refractivity contribution in [2.24, 2.45) is 0 Å². The number of phenolic OH excluding ortho intramolecular Hbond substituents is 1. The topological polar surface area (TPSA) is 84.9 Å². The fraction of sp³-hybridized carbons (Fsp3) is 0.222. The van der Waals surface area contributed by atoms with E-state index in [2.05, 4.69) is 5.32 Å². The second kappa shape index (κ2) is 8.80. The maximum absolute atomic E-state index is 13.0. The number of nitrogens with one attached hydrogen (secondary N) is 1. The molecule has 26 heavy (non-hydrogen) atoms. The number of esters is 1. The number of anilines is 1. The van der Waals surface area contributed by atoms with E-state index in [-0.39, 0.29) is 17.9 Å². The van der Waals surface area contributed by atoms with Crippen LogP contribution in [-0.4, -0.2) is 30.7 Å². The third-order valence-electron chi connectivity index (χ3n) is 3.37. The highest BCUT2D eigenvalue weighted by Gasteiger charge is 2.10. The van der Waals surface area contributed by atoms with Crippen molar-refractivity contribution in [2.45, 2.75) is 12.8 Å². The van der Waals surface area contributed by atoms with Gasteiger partial charge in [-0.2, -0.15) is 0 Å². The Morgan fingerprint density at radius 2 is 1.81 bits per heavy atom. The van der Waals surface area contributed by atoms with Crippen LogP contribution in [0.25, 0.3) is 0 Å². The van der Waals surface area contributed by atoms with Gasteiger partial charge in [-0.1, -0.05) is 6.07 Å². The normalized spacial score (nSPS) is 10.3. The number of hydrogen-bond donors (Lipinski definition) is 2. The van der Waals surface area contributed by atoms with Crippen LogP contribution < -0.4 is 10.1 Å². The van der Waals surface area contributed by atoms with Crippen molar-refractivity contribution < 1.29 is 33.0 Å². The van der Waals surface area contributed by atoms with Gasteiger partial charge in [-0.3, -0.25) is 9.59 Å². The van der Waals surface area contributed by atoms with Gasteiger partial charge in [0.1, 0.15) is 11.6 Å². The molecule has 0 aliphatic carbocycles. The summed E-state index contributed by atoms with van der Waals surface area (Å²) < 4.78 is 35.8. The average molecular weight is 365 g/mol. The van der Waals surface area contributed by atoms with E-state index in [9.17, 15) is 23.5 Å². The number of amides is 1.